The molecule has 9 aromatic heterocycles. The van der Waals surface area contributed by atoms with Gasteiger partial charge in [-0.2, -0.15) is 20.4 Å². The van der Waals surface area contributed by atoms with Gasteiger partial charge in [-0.1, -0.05) is 121 Å². The highest BCUT2D eigenvalue weighted by atomic mass is 16.2. The molecule has 125 heavy (non-hydrogen) atoms. The van der Waals surface area contributed by atoms with Gasteiger partial charge >= 0.3 is 0 Å². The van der Waals surface area contributed by atoms with Gasteiger partial charge in [-0.05, 0) is 232 Å². The lowest BCUT2D eigenvalue weighted by Gasteiger charge is -2.32. The number of carbonyl (C=O) groups excluding carboxylic acids is 4. The lowest BCUT2D eigenvalue weighted by atomic mass is 9.96. The van der Waals surface area contributed by atoms with Crippen LogP contribution in [-0.2, 0) is 71.0 Å². The summed E-state index contributed by atoms with van der Waals surface area (Å²) in [4.78, 5) is 63.2. The number of fused-ring (bicyclic) bond motifs is 4. The number of aryl methyl sites for hydroxylation is 4. The summed E-state index contributed by atoms with van der Waals surface area (Å²) in [6.07, 6.45) is 38.2. The van der Waals surface area contributed by atoms with E-state index >= 15 is 0 Å². The molecule has 4 aliphatic heterocycles. The van der Waals surface area contributed by atoms with Crippen LogP contribution in [0.4, 0.5) is 0 Å². The molecule has 20 rings (SSSR count). The molecule has 638 valence electrons. The molecule has 0 bridgehead atoms. The molecule has 4 amide bonds. The number of amides is 4. The fourth-order valence-corrected chi connectivity index (χ4v) is 18.7. The second-order valence-electron chi connectivity index (χ2n) is 34.5. The zero-order valence-corrected chi connectivity index (χ0v) is 71.6. The molecule has 21 heteroatoms. The Labute approximate surface area is 730 Å². The van der Waals surface area contributed by atoms with Crippen molar-refractivity contribution >= 4 is 67.2 Å². The number of nitrogens with zero attached hydrogens (tertiary/aromatic N) is 13. The predicted molar refractivity (Wildman–Crippen MR) is 497 cm³/mol. The van der Waals surface area contributed by atoms with Gasteiger partial charge in [0.2, 0.25) is 23.6 Å². The van der Waals surface area contributed by atoms with Crippen LogP contribution in [0.2, 0.25) is 0 Å². The summed E-state index contributed by atoms with van der Waals surface area (Å²) in [6.45, 7) is 13.0. The number of aromatic nitrogens is 13. The Morgan fingerprint density at radius 3 is 0.952 bits per heavy atom. The molecular formula is C104H113N17O4. The van der Waals surface area contributed by atoms with Crippen LogP contribution in [-0.4, -0.2) is 160 Å². The number of H-pyrrole nitrogens is 4. The molecule has 7 aromatic carbocycles. The smallest absolute Gasteiger partial charge is 0.226 e. The average Bonchev–Trinajstić information content (AvgIpc) is 1.68. The first-order valence-corrected chi connectivity index (χ1v) is 44.9. The molecule has 0 atom stereocenters. The number of piperidine rings is 4. The van der Waals surface area contributed by atoms with E-state index < -0.39 is 0 Å². The van der Waals surface area contributed by atoms with Gasteiger partial charge in [0.25, 0.3) is 0 Å². The van der Waals surface area contributed by atoms with Gasteiger partial charge in [0.1, 0.15) is 0 Å². The third kappa shape index (κ3) is 21.8. The van der Waals surface area contributed by atoms with Crippen molar-refractivity contribution in [1.82, 2.24) is 83.6 Å². The minimum Gasteiger partial charge on any atom is -0.347 e. The van der Waals surface area contributed by atoms with E-state index in [2.05, 4.69) is 232 Å². The van der Waals surface area contributed by atoms with E-state index in [4.69, 9.17) is 0 Å². The summed E-state index contributed by atoms with van der Waals surface area (Å²) in [5.74, 6) is 3.55. The monoisotopic (exact) mass is 1660 g/mol. The van der Waals surface area contributed by atoms with E-state index in [1.807, 2.05) is 139 Å². The number of rotatable bonds is 24. The molecule has 4 saturated heterocycles. The van der Waals surface area contributed by atoms with E-state index in [0.29, 0.717) is 61.2 Å². The minimum atomic E-state index is 0.248. The standard InChI is InChI=1S/C27H30N4O.C26H29N5O.C26H28N4O.C25H26N4O/c32-27(8-4-7-21-5-2-1-3-6-21)30-14-11-22(12-15-30)20-31-16-13-24-17-23(9-10-26(24)31)25-18-28-29-19-25;1-19-3-2-4-24(29-19)6-8-26(32)30-12-9-20(10-13-30)18-31-14-11-22-15-21(5-7-25(22)31)23-16-27-28-17-23;31-26(9-6-20-4-2-1-3-5-20)29-13-10-21(11-14-29)19-30-15-12-23-16-22(7-8-25(23)30)24-17-27-28-18-24;30-25(14-19-4-2-1-3-5-19)28-11-8-20(9-12-28)18-29-13-10-22-15-21(6-7-24(22)29)23-16-26-27-17-23/h1-3,5-6,9-10,13,16-19,22H,4,7-8,11-12,14-15,20H2,(H,28,29);2-5,7,11,14-17,20H,6,8-10,12-13,18H2,1H3,(H,27,28);1-5,7-8,12,15-18,21H,6,9-11,13-14,19H2,(H,27,28);1-7,10,13,15-17,20H,8-9,11-12,14,18H2,(H,26,27). The van der Waals surface area contributed by atoms with Gasteiger partial charge in [-0.25, -0.2) is 0 Å². The predicted octanol–water partition coefficient (Wildman–Crippen LogP) is 19.3. The lowest BCUT2D eigenvalue weighted by Crippen LogP contribution is -2.40. The maximum Gasteiger partial charge on any atom is 0.226 e. The van der Waals surface area contributed by atoms with Crippen molar-refractivity contribution in [3.8, 4) is 44.5 Å². The molecule has 21 nitrogen and oxygen atoms in total. The van der Waals surface area contributed by atoms with Crippen LogP contribution in [0.5, 0.6) is 0 Å². The van der Waals surface area contributed by atoms with Crippen molar-refractivity contribution < 1.29 is 19.2 Å². The molecule has 0 unspecified atom stereocenters. The summed E-state index contributed by atoms with van der Waals surface area (Å²) in [6, 6.07) is 71.9. The SMILES string of the molecule is Cc1cccc(CCC(=O)N2CCC(Cn3ccc4cc(-c5cn[nH]c5)ccc43)CC2)n1.O=C(CCCc1ccccc1)N1CCC(Cn2ccc3cc(-c4cn[nH]c4)ccc32)CC1.O=C(CCc1ccccc1)N1CCC(Cn2ccc3cc(-c4cn[nH]c4)ccc32)CC1.O=C(Cc1ccccc1)N1CCC(Cn2ccc3cc(-c4cn[nH]c4)ccc32)CC1. The van der Waals surface area contributed by atoms with E-state index in [0.717, 1.165) is 195 Å². The first kappa shape index (κ1) is 83.8. The number of pyridine rings is 1. The van der Waals surface area contributed by atoms with Gasteiger partial charge in [0, 0.05) is 225 Å². The normalized spacial score (nSPS) is 14.9. The maximum atomic E-state index is 12.7. The summed E-state index contributed by atoms with van der Waals surface area (Å²) in [7, 11) is 0. The highest BCUT2D eigenvalue weighted by Crippen LogP contribution is 2.34. The summed E-state index contributed by atoms with van der Waals surface area (Å²) < 4.78 is 9.46. The van der Waals surface area contributed by atoms with Crippen molar-refractivity contribution in [2.75, 3.05) is 52.4 Å². The van der Waals surface area contributed by atoms with Crippen molar-refractivity contribution in [2.45, 2.75) is 136 Å². The number of likely N-dealkylation sites (tertiary alicyclic amines) is 4. The highest BCUT2D eigenvalue weighted by Gasteiger charge is 2.29. The second-order valence-corrected chi connectivity index (χ2v) is 34.5. The number of carbonyl (C=O) groups is 4. The zero-order chi connectivity index (χ0) is 85.1. The van der Waals surface area contributed by atoms with Crippen molar-refractivity contribution in [3.63, 3.8) is 0 Å². The van der Waals surface area contributed by atoms with E-state index in [-0.39, 0.29) is 11.8 Å². The topological polar surface area (TPSA) is 229 Å². The Morgan fingerprint density at radius 2 is 0.624 bits per heavy atom. The summed E-state index contributed by atoms with van der Waals surface area (Å²) in [5, 5.41) is 32.7. The third-order valence-corrected chi connectivity index (χ3v) is 26.0. The van der Waals surface area contributed by atoms with Crippen LogP contribution in [0, 0.1) is 30.6 Å². The Balaban J connectivity index is 0.000000118. The molecule has 4 N–H and O–H groups in total. The molecule has 4 fully saturated rings. The Kier molecular flexibility index (Phi) is 27.3. The van der Waals surface area contributed by atoms with Crippen LogP contribution in [0.15, 0.2) is 281 Å². The van der Waals surface area contributed by atoms with Crippen molar-refractivity contribution in [3.05, 3.63) is 309 Å². The van der Waals surface area contributed by atoms with Gasteiger partial charge in [0.15, 0.2) is 0 Å². The zero-order valence-electron chi connectivity index (χ0n) is 71.6. The van der Waals surface area contributed by atoms with Gasteiger partial charge < -0.3 is 37.9 Å². The van der Waals surface area contributed by atoms with Crippen LogP contribution in [0.1, 0.15) is 105 Å². The largest absolute Gasteiger partial charge is 0.347 e. The molecule has 16 aromatic rings. The summed E-state index contributed by atoms with van der Waals surface area (Å²) in [5.41, 5.74) is 19.9. The summed E-state index contributed by atoms with van der Waals surface area (Å²) >= 11 is 0. The molecular weight excluding hydrogens is 1550 g/mol. The fraction of sp³-hybridized carbons (Fsp3) is 0.317. The fourth-order valence-electron chi connectivity index (χ4n) is 18.7. The van der Waals surface area contributed by atoms with Gasteiger partial charge in [0.05, 0.1) is 31.2 Å². The quantitative estimate of drug-likeness (QED) is 0.0450. The highest BCUT2D eigenvalue weighted by molar-refractivity contribution is 5.89. The van der Waals surface area contributed by atoms with Crippen molar-refractivity contribution in [1.29, 1.82) is 0 Å². The molecule has 4 aliphatic rings. The number of hydrogen-bond acceptors (Lipinski definition) is 9. The molecule has 0 saturated carbocycles. The maximum absolute atomic E-state index is 12.7. The van der Waals surface area contributed by atoms with E-state index in [9.17, 15) is 19.2 Å². The van der Waals surface area contributed by atoms with Crippen LogP contribution >= 0.6 is 0 Å². The Bertz CT molecular complexity index is 6120. The average molecular weight is 1670 g/mol. The lowest BCUT2D eigenvalue weighted by molar-refractivity contribution is -0.133. The molecule has 13 heterocycles. The third-order valence-electron chi connectivity index (χ3n) is 26.0. The first-order chi connectivity index (χ1) is 61.4. The van der Waals surface area contributed by atoms with Gasteiger partial charge in [-0.15, -0.1) is 0 Å². The van der Waals surface area contributed by atoms with Crippen LogP contribution in [0.25, 0.3) is 88.1 Å². The first-order valence-electron chi connectivity index (χ1n) is 44.9. The Hall–Kier alpha value is -13.4. The molecule has 0 aliphatic carbocycles. The van der Waals surface area contributed by atoms with Crippen molar-refractivity contribution in [2.24, 2.45) is 23.7 Å². The second kappa shape index (κ2) is 40.7. The number of benzene rings is 7. The minimum absolute atomic E-state index is 0.248. The number of hydrogen-bond donors (Lipinski definition) is 4. The van der Waals surface area contributed by atoms with Gasteiger partial charge in [-0.3, -0.25) is 44.6 Å². The van der Waals surface area contributed by atoms with Crippen LogP contribution < -0.4 is 0 Å². The Morgan fingerprint density at radius 1 is 0.312 bits per heavy atom. The number of nitrogens with one attached hydrogen (secondary N) is 4. The van der Waals surface area contributed by atoms with E-state index in [1.165, 1.54) is 77.0 Å². The molecule has 0 spiro atoms. The number of aromatic amines is 4. The van der Waals surface area contributed by atoms with E-state index in [1.54, 1.807) is 0 Å². The van der Waals surface area contributed by atoms with Crippen LogP contribution in [0.3, 0.4) is 0 Å². The molecule has 0 radical (unpaired) electrons.